The van der Waals surface area contributed by atoms with Gasteiger partial charge in [0, 0.05) is 28.0 Å². The Hall–Kier alpha value is -2.16. The lowest BCUT2D eigenvalue weighted by molar-refractivity contribution is -0.0492. The number of carbonyl (C=O) groups is 1. The van der Waals surface area contributed by atoms with Gasteiger partial charge in [0.1, 0.15) is 4.88 Å². The molecule has 4 fully saturated rings. The van der Waals surface area contributed by atoms with Gasteiger partial charge in [0.05, 0.1) is 17.7 Å². The number of aromatic nitrogens is 2. The fraction of sp³-hybridized carbons (Fsp3) is 0.458. The second kappa shape index (κ2) is 7.96. The molecule has 0 aliphatic heterocycles. The molecule has 33 heavy (non-hydrogen) atoms. The van der Waals surface area contributed by atoms with Crippen molar-refractivity contribution in [3.05, 3.63) is 40.4 Å². The SMILES string of the molecule is COC(=O)c1sc2cc(NC(=S)Nc3ccn(C45CC6CC(CC(C6)C4)C5)n3)ccc2c1Cl. The third-order valence-corrected chi connectivity index (χ3v) is 9.42. The van der Waals surface area contributed by atoms with Crippen LogP contribution in [0.5, 0.6) is 0 Å². The first kappa shape index (κ1) is 21.4. The average molecular weight is 501 g/mol. The van der Waals surface area contributed by atoms with Crippen molar-refractivity contribution in [1.29, 1.82) is 0 Å². The van der Waals surface area contributed by atoms with E-state index in [9.17, 15) is 4.79 Å². The molecule has 4 aliphatic rings. The number of hydrogen-bond acceptors (Lipinski definition) is 5. The maximum atomic E-state index is 11.9. The van der Waals surface area contributed by atoms with Crippen molar-refractivity contribution in [2.75, 3.05) is 17.7 Å². The highest BCUT2D eigenvalue weighted by Crippen LogP contribution is 2.58. The first-order chi connectivity index (χ1) is 15.9. The Morgan fingerprint density at radius 2 is 1.88 bits per heavy atom. The number of methoxy groups -OCH3 is 1. The fourth-order valence-corrected chi connectivity index (χ4v) is 8.33. The number of halogens is 1. The minimum absolute atomic E-state index is 0.199. The van der Waals surface area contributed by atoms with Crippen LogP contribution >= 0.6 is 35.2 Å². The molecule has 0 amide bonds. The van der Waals surface area contributed by atoms with Crippen molar-refractivity contribution < 1.29 is 9.53 Å². The number of thiophene rings is 1. The van der Waals surface area contributed by atoms with Gasteiger partial charge in [-0.15, -0.1) is 11.3 Å². The van der Waals surface area contributed by atoms with Crippen LogP contribution in [0.25, 0.3) is 10.1 Å². The van der Waals surface area contributed by atoms with Gasteiger partial charge in [0.25, 0.3) is 0 Å². The number of rotatable bonds is 4. The smallest absolute Gasteiger partial charge is 0.349 e. The molecule has 0 saturated heterocycles. The average Bonchev–Trinajstić information content (AvgIpc) is 3.37. The largest absolute Gasteiger partial charge is 0.465 e. The van der Waals surface area contributed by atoms with Crippen LogP contribution in [-0.4, -0.2) is 28.0 Å². The molecular weight excluding hydrogens is 476 g/mol. The van der Waals surface area contributed by atoms with Crippen molar-refractivity contribution in [3.63, 3.8) is 0 Å². The molecule has 0 atom stereocenters. The van der Waals surface area contributed by atoms with Crippen molar-refractivity contribution in [3.8, 4) is 0 Å². The number of hydrogen-bond donors (Lipinski definition) is 2. The van der Waals surface area contributed by atoms with Gasteiger partial charge in [-0.2, -0.15) is 5.10 Å². The lowest BCUT2D eigenvalue weighted by Crippen LogP contribution is -2.52. The van der Waals surface area contributed by atoms with Gasteiger partial charge >= 0.3 is 5.97 Å². The Balaban J connectivity index is 1.16. The number of ether oxygens (including phenoxy) is 1. The van der Waals surface area contributed by atoms with Crippen LogP contribution in [-0.2, 0) is 10.3 Å². The Bertz CT molecular complexity index is 1230. The molecule has 4 saturated carbocycles. The second-order valence-corrected chi connectivity index (χ2v) is 11.7. The molecule has 0 spiro atoms. The number of carbonyl (C=O) groups excluding carboxylic acids is 1. The molecule has 6 nitrogen and oxygen atoms in total. The summed E-state index contributed by atoms with van der Waals surface area (Å²) in [5.74, 6) is 2.96. The third-order valence-electron chi connectivity index (χ3n) is 7.58. The highest BCUT2D eigenvalue weighted by atomic mass is 35.5. The van der Waals surface area contributed by atoms with Gasteiger partial charge in [0.15, 0.2) is 10.9 Å². The normalized spacial score (nSPS) is 27.6. The highest BCUT2D eigenvalue weighted by molar-refractivity contribution is 7.80. The molecular formula is C24H25ClN4O2S2. The molecule has 0 radical (unpaired) electrons. The summed E-state index contributed by atoms with van der Waals surface area (Å²) in [7, 11) is 1.35. The topological polar surface area (TPSA) is 68.2 Å². The highest BCUT2D eigenvalue weighted by Gasteiger charge is 2.52. The van der Waals surface area contributed by atoms with Gasteiger partial charge in [-0.3, -0.25) is 4.68 Å². The Morgan fingerprint density at radius 3 is 2.55 bits per heavy atom. The van der Waals surface area contributed by atoms with E-state index >= 15 is 0 Å². The number of nitrogens with zero attached hydrogens (tertiary/aromatic N) is 2. The van der Waals surface area contributed by atoms with Crippen LogP contribution in [0.3, 0.4) is 0 Å². The summed E-state index contributed by atoms with van der Waals surface area (Å²) in [4.78, 5) is 12.3. The van der Waals surface area contributed by atoms with Crippen LogP contribution in [0.15, 0.2) is 30.5 Å². The molecule has 2 aromatic heterocycles. The fourth-order valence-electron chi connectivity index (χ4n) is 6.65. The van der Waals surface area contributed by atoms with E-state index in [1.165, 1.54) is 57.0 Å². The number of fused-ring (bicyclic) bond motifs is 1. The zero-order valence-electron chi connectivity index (χ0n) is 18.3. The van der Waals surface area contributed by atoms with E-state index in [0.29, 0.717) is 15.0 Å². The van der Waals surface area contributed by atoms with Crippen LogP contribution in [0, 0.1) is 17.8 Å². The predicted molar refractivity (Wildman–Crippen MR) is 136 cm³/mol. The lowest BCUT2D eigenvalue weighted by atomic mass is 9.53. The standard InChI is InChI=1S/C24H25ClN4O2S2/c1-31-22(30)21-20(25)17-3-2-16(9-18(17)33-21)26-23(32)27-19-4-5-29(28-19)24-10-13-6-14(11-24)8-15(7-13)12-24/h2-5,9,13-15H,6-8,10-12H2,1H3,(H2,26,27,28,32). The Kier molecular flexibility index (Phi) is 5.16. The molecule has 2 N–H and O–H groups in total. The summed E-state index contributed by atoms with van der Waals surface area (Å²) in [6.07, 6.45) is 10.2. The predicted octanol–water partition coefficient (Wildman–Crippen LogP) is 6.27. The van der Waals surface area contributed by atoms with E-state index in [4.69, 9.17) is 33.7 Å². The number of esters is 1. The van der Waals surface area contributed by atoms with Gasteiger partial charge in [-0.1, -0.05) is 11.6 Å². The molecule has 0 unspecified atom stereocenters. The van der Waals surface area contributed by atoms with Crippen LogP contribution in [0.2, 0.25) is 5.02 Å². The summed E-state index contributed by atoms with van der Waals surface area (Å²) in [5, 5.41) is 13.0. The summed E-state index contributed by atoms with van der Waals surface area (Å²) in [6.45, 7) is 0. The maximum Gasteiger partial charge on any atom is 0.349 e. The van der Waals surface area contributed by atoms with E-state index in [1.54, 1.807) is 0 Å². The molecule has 7 rings (SSSR count). The molecule has 3 aromatic rings. The zero-order chi connectivity index (χ0) is 22.7. The minimum atomic E-state index is -0.428. The van der Waals surface area contributed by atoms with E-state index in [2.05, 4.69) is 21.5 Å². The van der Waals surface area contributed by atoms with Crippen LogP contribution < -0.4 is 10.6 Å². The first-order valence-electron chi connectivity index (χ1n) is 11.4. The Morgan fingerprint density at radius 1 is 1.18 bits per heavy atom. The number of benzene rings is 1. The second-order valence-electron chi connectivity index (χ2n) is 9.81. The first-order valence-corrected chi connectivity index (χ1v) is 13.0. The molecule has 1 aromatic carbocycles. The van der Waals surface area contributed by atoms with E-state index in [1.807, 2.05) is 24.3 Å². The maximum absolute atomic E-state index is 11.9. The van der Waals surface area contributed by atoms with Crippen molar-refractivity contribution in [2.24, 2.45) is 17.8 Å². The molecule has 2 heterocycles. The summed E-state index contributed by atoms with van der Waals surface area (Å²) >= 11 is 13.2. The minimum Gasteiger partial charge on any atom is -0.465 e. The van der Waals surface area contributed by atoms with Crippen LogP contribution in [0.1, 0.15) is 48.2 Å². The van der Waals surface area contributed by atoms with Crippen molar-refractivity contribution in [1.82, 2.24) is 9.78 Å². The van der Waals surface area contributed by atoms with E-state index in [0.717, 1.165) is 39.3 Å². The van der Waals surface area contributed by atoms with E-state index < -0.39 is 5.97 Å². The van der Waals surface area contributed by atoms with Gasteiger partial charge < -0.3 is 15.4 Å². The van der Waals surface area contributed by atoms with Crippen molar-refractivity contribution in [2.45, 2.75) is 44.1 Å². The number of nitrogens with one attached hydrogen (secondary N) is 2. The van der Waals surface area contributed by atoms with Gasteiger partial charge in [0.2, 0.25) is 0 Å². The van der Waals surface area contributed by atoms with Crippen LogP contribution in [0.4, 0.5) is 11.5 Å². The molecule has 4 bridgehead atoms. The zero-order valence-corrected chi connectivity index (χ0v) is 20.7. The summed E-state index contributed by atoms with van der Waals surface area (Å²) in [6, 6.07) is 7.72. The Labute approximate surface area is 206 Å². The van der Waals surface area contributed by atoms with Crippen molar-refractivity contribution >= 4 is 67.8 Å². The molecule has 9 heteroatoms. The third kappa shape index (κ3) is 3.72. The molecule has 172 valence electrons. The molecule has 4 aliphatic carbocycles. The van der Waals surface area contributed by atoms with Gasteiger partial charge in [-0.05, 0) is 86.7 Å². The number of thiocarbonyl (C=S) groups is 1. The monoisotopic (exact) mass is 500 g/mol. The van der Waals surface area contributed by atoms with Gasteiger partial charge in [-0.25, -0.2) is 4.79 Å². The summed E-state index contributed by atoms with van der Waals surface area (Å²) < 4.78 is 7.93. The lowest BCUT2D eigenvalue weighted by Gasteiger charge is -2.56. The quantitative estimate of drug-likeness (QED) is 0.325. The number of anilines is 2. The van der Waals surface area contributed by atoms with E-state index in [-0.39, 0.29) is 5.54 Å². The summed E-state index contributed by atoms with van der Waals surface area (Å²) in [5.41, 5.74) is 1.01.